The van der Waals surface area contributed by atoms with E-state index in [-0.39, 0.29) is 6.10 Å². The normalized spacial score (nSPS) is 22.5. The lowest BCUT2D eigenvalue weighted by Gasteiger charge is -2.23. The largest absolute Gasteiger partial charge is 0.392 e. The van der Waals surface area contributed by atoms with Crippen molar-refractivity contribution < 1.29 is 5.11 Å². The molecule has 0 aliphatic carbocycles. The molecule has 1 rings (SSSR count). The molecule has 1 unspecified atom stereocenters. The van der Waals surface area contributed by atoms with Gasteiger partial charge in [0.1, 0.15) is 0 Å². The van der Waals surface area contributed by atoms with Crippen molar-refractivity contribution in [1.29, 1.82) is 0 Å². The van der Waals surface area contributed by atoms with E-state index in [1.165, 1.54) is 24.3 Å². The van der Waals surface area contributed by atoms with Gasteiger partial charge in [0, 0.05) is 12.6 Å². The van der Waals surface area contributed by atoms with Crippen LogP contribution in [-0.2, 0) is 0 Å². The van der Waals surface area contributed by atoms with E-state index in [2.05, 4.69) is 5.32 Å². The molecule has 72 valence electrons. The molecule has 0 bridgehead atoms. The molecule has 0 aromatic heterocycles. The molecule has 12 heavy (non-hydrogen) atoms. The van der Waals surface area contributed by atoms with E-state index < -0.39 is 0 Å². The Morgan fingerprint density at radius 1 is 1.50 bits per heavy atom. The van der Waals surface area contributed by atoms with E-state index in [9.17, 15) is 5.11 Å². The van der Waals surface area contributed by atoms with Gasteiger partial charge in [-0.25, -0.2) is 0 Å². The fourth-order valence-electron chi connectivity index (χ4n) is 1.35. The number of thioether (sulfide) groups is 1. The van der Waals surface area contributed by atoms with Gasteiger partial charge in [-0.05, 0) is 30.8 Å². The molecule has 1 aliphatic heterocycles. The van der Waals surface area contributed by atoms with Crippen LogP contribution in [0.3, 0.4) is 0 Å². The Kier molecular flexibility index (Phi) is 5.04. The van der Waals surface area contributed by atoms with Crippen molar-refractivity contribution in [3.8, 4) is 0 Å². The SMILES string of the molecule is CCC(O)CNC1CCSCC1. The minimum absolute atomic E-state index is 0.153. The van der Waals surface area contributed by atoms with Crippen LogP contribution in [0.5, 0.6) is 0 Å². The summed E-state index contributed by atoms with van der Waals surface area (Å²) in [4.78, 5) is 0. The lowest BCUT2D eigenvalue weighted by atomic mass is 10.1. The second-order valence-corrected chi connectivity index (χ2v) is 4.58. The fraction of sp³-hybridized carbons (Fsp3) is 1.00. The van der Waals surface area contributed by atoms with E-state index in [0.29, 0.717) is 6.04 Å². The highest BCUT2D eigenvalue weighted by Gasteiger charge is 2.13. The lowest BCUT2D eigenvalue weighted by molar-refractivity contribution is 0.162. The van der Waals surface area contributed by atoms with Crippen LogP contribution in [0.4, 0.5) is 0 Å². The maximum atomic E-state index is 9.32. The average Bonchev–Trinajstić information content (AvgIpc) is 2.16. The molecule has 1 heterocycles. The van der Waals surface area contributed by atoms with Gasteiger partial charge in [0.25, 0.3) is 0 Å². The predicted molar refractivity (Wildman–Crippen MR) is 54.6 cm³/mol. The quantitative estimate of drug-likeness (QED) is 0.698. The number of aliphatic hydroxyl groups is 1. The molecule has 1 aliphatic rings. The van der Waals surface area contributed by atoms with Crippen LogP contribution in [0, 0.1) is 0 Å². The Labute approximate surface area is 79.1 Å². The van der Waals surface area contributed by atoms with Crippen LogP contribution in [-0.4, -0.2) is 35.3 Å². The summed E-state index contributed by atoms with van der Waals surface area (Å²) in [5, 5.41) is 12.7. The van der Waals surface area contributed by atoms with Gasteiger partial charge in [0.2, 0.25) is 0 Å². The molecular weight excluding hydrogens is 170 g/mol. The number of nitrogens with one attached hydrogen (secondary N) is 1. The minimum Gasteiger partial charge on any atom is -0.392 e. The van der Waals surface area contributed by atoms with Crippen LogP contribution >= 0.6 is 11.8 Å². The van der Waals surface area contributed by atoms with Crippen molar-refractivity contribution in [2.45, 2.75) is 38.3 Å². The van der Waals surface area contributed by atoms with Crippen molar-refractivity contribution in [1.82, 2.24) is 5.32 Å². The van der Waals surface area contributed by atoms with E-state index in [1.54, 1.807) is 0 Å². The van der Waals surface area contributed by atoms with Crippen molar-refractivity contribution in [2.75, 3.05) is 18.1 Å². The summed E-state index contributed by atoms with van der Waals surface area (Å²) < 4.78 is 0. The lowest BCUT2D eigenvalue weighted by Crippen LogP contribution is -2.37. The summed E-state index contributed by atoms with van der Waals surface area (Å²) in [6, 6.07) is 0.660. The smallest absolute Gasteiger partial charge is 0.0662 e. The Morgan fingerprint density at radius 2 is 2.17 bits per heavy atom. The Bertz CT molecular complexity index is 115. The van der Waals surface area contributed by atoms with Gasteiger partial charge >= 0.3 is 0 Å². The molecule has 1 fully saturated rings. The first-order chi connectivity index (χ1) is 5.83. The van der Waals surface area contributed by atoms with Gasteiger partial charge < -0.3 is 10.4 Å². The van der Waals surface area contributed by atoms with Gasteiger partial charge in [0.05, 0.1) is 6.10 Å². The topological polar surface area (TPSA) is 32.3 Å². The third-order valence-corrected chi connectivity index (χ3v) is 3.38. The molecule has 2 nitrogen and oxygen atoms in total. The first-order valence-corrected chi connectivity index (χ1v) is 5.97. The van der Waals surface area contributed by atoms with Crippen molar-refractivity contribution in [3.05, 3.63) is 0 Å². The number of hydrogen-bond donors (Lipinski definition) is 2. The monoisotopic (exact) mass is 189 g/mol. The standard InChI is InChI=1S/C9H19NOS/c1-2-9(11)7-10-8-3-5-12-6-4-8/h8-11H,2-7H2,1H3. The van der Waals surface area contributed by atoms with Crippen LogP contribution < -0.4 is 5.32 Å². The Morgan fingerprint density at radius 3 is 2.75 bits per heavy atom. The van der Waals surface area contributed by atoms with Crippen molar-refractivity contribution in [3.63, 3.8) is 0 Å². The van der Waals surface area contributed by atoms with Gasteiger partial charge in [-0.1, -0.05) is 6.92 Å². The van der Waals surface area contributed by atoms with Gasteiger partial charge in [-0.3, -0.25) is 0 Å². The number of aliphatic hydroxyl groups excluding tert-OH is 1. The molecule has 0 radical (unpaired) electrons. The second-order valence-electron chi connectivity index (χ2n) is 3.36. The first-order valence-electron chi connectivity index (χ1n) is 4.82. The maximum absolute atomic E-state index is 9.32. The highest BCUT2D eigenvalue weighted by Crippen LogP contribution is 2.16. The zero-order valence-corrected chi connectivity index (χ0v) is 8.57. The van der Waals surface area contributed by atoms with Crippen molar-refractivity contribution >= 4 is 11.8 Å². The van der Waals surface area contributed by atoms with Gasteiger partial charge in [-0.15, -0.1) is 0 Å². The number of rotatable bonds is 4. The highest BCUT2D eigenvalue weighted by atomic mass is 32.2. The summed E-state index contributed by atoms with van der Waals surface area (Å²) in [7, 11) is 0. The third kappa shape index (κ3) is 3.78. The maximum Gasteiger partial charge on any atom is 0.0662 e. The van der Waals surface area contributed by atoms with Crippen LogP contribution in [0.15, 0.2) is 0 Å². The van der Waals surface area contributed by atoms with E-state index in [1.807, 2.05) is 18.7 Å². The summed E-state index contributed by atoms with van der Waals surface area (Å²) >= 11 is 2.04. The Hall–Kier alpha value is 0.270. The predicted octanol–water partition coefficient (Wildman–Crippen LogP) is 1.24. The zero-order valence-electron chi connectivity index (χ0n) is 7.75. The molecule has 0 saturated carbocycles. The average molecular weight is 189 g/mol. The van der Waals surface area contributed by atoms with Crippen molar-refractivity contribution in [2.24, 2.45) is 0 Å². The van der Waals surface area contributed by atoms with Crippen LogP contribution in [0.1, 0.15) is 26.2 Å². The highest BCUT2D eigenvalue weighted by molar-refractivity contribution is 7.99. The fourth-order valence-corrected chi connectivity index (χ4v) is 2.46. The van der Waals surface area contributed by atoms with Crippen LogP contribution in [0.2, 0.25) is 0 Å². The van der Waals surface area contributed by atoms with E-state index >= 15 is 0 Å². The molecule has 1 saturated heterocycles. The third-order valence-electron chi connectivity index (χ3n) is 2.33. The minimum atomic E-state index is -0.153. The first kappa shape index (κ1) is 10.4. The molecule has 0 aromatic rings. The van der Waals surface area contributed by atoms with Gasteiger partial charge in [-0.2, -0.15) is 11.8 Å². The molecule has 0 spiro atoms. The molecule has 2 N–H and O–H groups in total. The van der Waals surface area contributed by atoms with E-state index in [4.69, 9.17) is 0 Å². The molecule has 1 atom stereocenters. The summed E-state index contributed by atoms with van der Waals surface area (Å²) in [5.74, 6) is 2.56. The molecular formula is C9H19NOS. The summed E-state index contributed by atoms with van der Waals surface area (Å²) in [6.07, 6.45) is 3.23. The Balaban J connectivity index is 2.05. The number of hydrogen-bond acceptors (Lipinski definition) is 3. The zero-order chi connectivity index (χ0) is 8.81. The van der Waals surface area contributed by atoms with Crippen LogP contribution in [0.25, 0.3) is 0 Å². The van der Waals surface area contributed by atoms with Gasteiger partial charge in [0.15, 0.2) is 0 Å². The summed E-state index contributed by atoms with van der Waals surface area (Å²) in [5.41, 5.74) is 0. The second kappa shape index (κ2) is 5.84. The molecule has 0 amide bonds. The molecule has 3 heteroatoms. The molecule has 0 aromatic carbocycles. The van der Waals surface area contributed by atoms with E-state index in [0.717, 1.165) is 13.0 Å². The summed E-state index contributed by atoms with van der Waals surface area (Å²) in [6.45, 7) is 2.79.